The Balaban J connectivity index is 2.40. The standard InChI is InChI=1S/C12H16ClN/c1-9-6-10(8-11(13)7-9)12(14)4-2-3-5-12/h6-8H,2-5,14H2,1H3. The third-order valence-electron chi connectivity index (χ3n) is 3.11. The monoisotopic (exact) mass is 209 g/mol. The maximum atomic E-state index is 6.36. The van der Waals surface area contributed by atoms with Crippen LogP contribution in [0.3, 0.4) is 0 Å². The fraction of sp³-hybridized carbons (Fsp3) is 0.500. The van der Waals surface area contributed by atoms with Gasteiger partial charge < -0.3 is 5.73 Å². The molecule has 0 unspecified atom stereocenters. The molecule has 1 aliphatic rings. The van der Waals surface area contributed by atoms with Gasteiger partial charge in [0.2, 0.25) is 0 Å². The van der Waals surface area contributed by atoms with Gasteiger partial charge in [0.15, 0.2) is 0 Å². The molecule has 0 saturated heterocycles. The summed E-state index contributed by atoms with van der Waals surface area (Å²) in [6.07, 6.45) is 4.66. The van der Waals surface area contributed by atoms with Crippen molar-refractivity contribution in [2.45, 2.75) is 38.1 Å². The summed E-state index contributed by atoms with van der Waals surface area (Å²) in [5, 5.41) is 0.803. The van der Waals surface area contributed by atoms with Gasteiger partial charge in [-0.25, -0.2) is 0 Å². The van der Waals surface area contributed by atoms with Gasteiger partial charge in [0.05, 0.1) is 0 Å². The van der Waals surface area contributed by atoms with Gasteiger partial charge in [0.1, 0.15) is 0 Å². The molecule has 0 spiro atoms. The Bertz CT molecular complexity index is 320. The van der Waals surface area contributed by atoms with Gasteiger partial charge in [-0.2, -0.15) is 0 Å². The van der Waals surface area contributed by atoms with Crippen LogP contribution in [-0.4, -0.2) is 0 Å². The first kappa shape index (κ1) is 10.0. The van der Waals surface area contributed by atoms with Crippen molar-refractivity contribution in [3.05, 3.63) is 34.3 Å². The van der Waals surface area contributed by atoms with Gasteiger partial charge in [0, 0.05) is 10.6 Å². The van der Waals surface area contributed by atoms with Crippen molar-refractivity contribution in [2.75, 3.05) is 0 Å². The van der Waals surface area contributed by atoms with Gasteiger partial charge in [-0.3, -0.25) is 0 Å². The highest BCUT2D eigenvalue weighted by Crippen LogP contribution is 2.37. The van der Waals surface area contributed by atoms with E-state index in [1.807, 2.05) is 12.1 Å². The van der Waals surface area contributed by atoms with Crippen molar-refractivity contribution in [1.82, 2.24) is 0 Å². The zero-order valence-electron chi connectivity index (χ0n) is 8.52. The summed E-state index contributed by atoms with van der Waals surface area (Å²) in [5.41, 5.74) is 8.65. The minimum absolute atomic E-state index is 0.115. The summed E-state index contributed by atoms with van der Waals surface area (Å²) in [4.78, 5) is 0. The molecule has 0 amide bonds. The first-order valence-corrected chi connectivity index (χ1v) is 5.54. The van der Waals surface area contributed by atoms with E-state index >= 15 is 0 Å². The second-order valence-electron chi connectivity index (χ2n) is 4.38. The van der Waals surface area contributed by atoms with Crippen molar-refractivity contribution in [3.8, 4) is 0 Å². The molecule has 1 aliphatic carbocycles. The number of nitrogens with two attached hydrogens (primary N) is 1. The highest BCUT2D eigenvalue weighted by Gasteiger charge is 2.31. The van der Waals surface area contributed by atoms with E-state index in [0.29, 0.717) is 0 Å². The smallest absolute Gasteiger partial charge is 0.0412 e. The highest BCUT2D eigenvalue weighted by atomic mass is 35.5. The molecule has 2 rings (SSSR count). The number of hydrogen-bond donors (Lipinski definition) is 1. The van der Waals surface area contributed by atoms with Crippen molar-refractivity contribution in [3.63, 3.8) is 0 Å². The molecule has 1 fully saturated rings. The highest BCUT2D eigenvalue weighted by molar-refractivity contribution is 6.30. The number of benzene rings is 1. The molecule has 1 nitrogen and oxygen atoms in total. The molecule has 2 N–H and O–H groups in total. The average molecular weight is 210 g/mol. The first-order valence-electron chi connectivity index (χ1n) is 5.17. The topological polar surface area (TPSA) is 26.0 Å². The van der Waals surface area contributed by atoms with Crippen molar-refractivity contribution >= 4 is 11.6 Å². The summed E-state index contributed by atoms with van der Waals surface area (Å²) >= 11 is 6.03. The summed E-state index contributed by atoms with van der Waals surface area (Å²) < 4.78 is 0. The van der Waals surface area contributed by atoms with E-state index in [1.54, 1.807) is 0 Å². The van der Waals surface area contributed by atoms with Gasteiger partial charge >= 0.3 is 0 Å². The third-order valence-corrected chi connectivity index (χ3v) is 3.33. The molecule has 0 atom stereocenters. The summed E-state index contributed by atoms with van der Waals surface area (Å²) in [5.74, 6) is 0. The normalized spacial score (nSPS) is 19.9. The number of hydrogen-bond acceptors (Lipinski definition) is 1. The predicted molar refractivity (Wildman–Crippen MR) is 60.5 cm³/mol. The number of rotatable bonds is 1. The van der Waals surface area contributed by atoms with Gasteiger partial charge in [-0.1, -0.05) is 30.5 Å². The van der Waals surface area contributed by atoms with Crippen LogP contribution < -0.4 is 5.73 Å². The minimum Gasteiger partial charge on any atom is -0.321 e. The molecule has 1 aromatic carbocycles. The Labute approximate surface area is 90.3 Å². The lowest BCUT2D eigenvalue weighted by atomic mass is 9.88. The maximum absolute atomic E-state index is 6.36. The van der Waals surface area contributed by atoms with Crippen LogP contribution in [0.1, 0.15) is 36.8 Å². The van der Waals surface area contributed by atoms with E-state index in [-0.39, 0.29) is 5.54 Å². The zero-order chi connectivity index (χ0) is 10.2. The van der Waals surface area contributed by atoms with E-state index < -0.39 is 0 Å². The largest absolute Gasteiger partial charge is 0.321 e. The van der Waals surface area contributed by atoms with Crippen molar-refractivity contribution in [2.24, 2.45) is 5.73 Å². The molecule has 14 heavy (non-hydrogen) atoms. The van der Waals surface area contributed by atoms with E-state index in [0.717, 1.165) is 17.9 Å². The van der Waals surface area contributed by atoms with E-state index in [9.17, 15) is 0 Å². The number of halogens is 1. The van der Waals surface area contributed by atoms with E-state index in [4.69, 9.17) is 17.3 Å². The summed E-state index contributed by atoms with van der Waals surface area (Å²) in [7, 11) is 0. The van der Waals surface area contributed by atoms with Crippen LogP contribution >= 0.6 is 11.6 Å². The Morgan fingerprint density at radius 2 is 1.86 bits per heavy atom. The predicted octanol–water partition coefficient (Wildman–Crippen LogP) is 3.38. The molecule has 1 saturated carbocycles. The molecule has 0 bridgehead atoms. The van der Waals surface area contributed by atoms with E-state index in [2.05, 4.69) is 13.0 Å². The molecule has 0 aliphatic heterocycles. The average Bonchev–Trinajstić information content (AvgIpc) is 2.52. The SMILES string of the molecule is Cc1cc(Cl)cc(C2(N)CCCC2)c1. The molecule has 0 aromatic heterocycles. The number of aryl methyl sites for hydroxylation is 1. The van der Waals surface area contributed by atoms with Crippen LogP contribution in [0.5, 0.6) is 0 Å². The second-order valence-corrected chi connectivity index (χ2v) is 4.82. The Kier molecular flexibility index (Phi) is 2.54. The fourth-order valence-corrected chi connectivity index (χ4v) is 2.61. The maximum Gasteiger partial charge on any atom is 0.0412 e. The molecule has 1 aromatic rings. The first-order chi connectivity index (χ1) is 6.60. The molecular formula is C12H16ClN. The molecule has 2 heteroatoms. The lowest BCUT2D eigenvalue weighted by Crippen LogP contribution is -2.33. The summed E-state index contributed by atoms with van der Waals surface area (Å²) in [6, 6.07) is 6.15. The fourth-order valence-electron chi connectivity index (χ4n) is 2.32. The minimum atomic E-state index is -0.115. The van der Waals surface area contributed by atoms with Crippen LogP contribution in [-0.2, 0) is 5.54 Å². The summed E-state index contributed by atoms with van der Waals surface area (Å²) in [6.45, 7) is 2.06. The van der Waals surface area contributed by atoms with Crippen LogP contribution in [0.25, 0.3) is 0 Å². The van der Waals surface area contributed by atoms with Gasteiger partial charge in [0.25, 0.3) is 0 Å². The molecule has 76 valence electrons. The van der Waals surface area contributed by atoms with Crippen LogP contribution in [0.4, 0.5) is 0 Å². The lowest BCUT2D eigenvalue weighted by Gasteiger charge is -2.24. The van der Waals surface area contributed by atoms with Crippen LogP contribution in [0.15, 0.2) is 18.2 Å². The second kappa shape index (κ2) is 3.56. The van der Waals surface area contributed by atoms with Crippen molar-refractivity contribution < 1.29 is 0 Å². The van der Waals surface area contributed by atoms with Crippen LogP contribution in [0.2, 0.25) is 5.02 Å². The quantitative estimate of drug-likeness (QED) is 0.754. The molecular weight excluding hydrogens is 194 g/mol. The lowest BCUT2D eigenvalue weighted by molar-refractivity contribution is 0.461. The zero-order valence-corrected chi connectivity index (χ0v) is 9.27. The Hall–Kier alpha value is -0.530. The Morgan fingerprint density at radius 3 is 2.43 bits per heavy atom. The van der Waals surface area contributed by atoms with E-state index in [1.165, 1.54) is 24.0 Å². The molecule has 0 heterocycles. The Morgan fingerprint density at radius 1 is 1.21 bits per heavy atom. The van der Waals surface area contributed by atoms with Gasteiger partial charge in [-0.15, -0.1) is 0 Å². The third kappa shape index (κ3) is 1.79. The van der Waals surface area contributed by atoms with Crippen LogP contribution in [0, 0.1) is 6.92 Å². The van der Waals surface area contributed by atoms with Gasteiger partial charge in [-0.05, 0) is 43.0 Å². The molecule has 0 radical (unpaired) electrons. The van der Waals surface area contributed by atoms with Crippen molar-refractivity contribution in [1.29, 1.82) is 0 Å².